The highest BCUT2D eigenvalue weighted by molar-refractivity contribution is 5.95. The van der Waals surface area contributed by atoms with Gasteiger partial charge in [-0.15, -0.1) is 0 Å². The Morgan fingerprint density at radius 1 is 1.24 bits per heavy atom. The lowest BCUT2D eigenvalue weighted by atomic mass is 10.3. The summed E-state index contributed by atoms with van der Waals surface area (Å²) in [7, 11) is 1.84. The second kappa shape index (κ2) is 6.46. The number of amides is 1. The van der Waals surface area contributed by atoms with E-state index in [0.29, 0.717) is 12.2 Å². The van der Waals surface area contributed by atoms with Crippen molar-refractivity contribution in [1.82, 2.24) is 30.0 Å². The largest absolute Gasteiger partial charge is 0.356 e. The van der Waals surface area contributed by atoms with E-state index in [0.717, 1.165) is 42.8 Å². The molecule has 1 amide bonds. The number of rotatable bonds is 4. The van der Waals surface area contributed by atoms with Gasteiger partial charge in [-0.3, -0.25) is 14.5 Å². The SMILES string of the molecule is Cn1cc2c(N3CCCC3)nc(C(=O)NCc3ccccn3)nc2n1. The van der Waals surface area contributed by atoms with Gasteiger partial charge in [-0.2, -0.15) is 5.10 Å². The molecular formula is C17H19N7O. The molecule has 1 aliphatic heterocycles. The Bertz CT molecular complexity index is 900. The number of anilines is 1. The van der Waals surface area contributed by atoms with Gasteiger partial charge >= 0.3 is 0 Å². The van der Waals surface area contributed by atoms with Crippen LogP contribution in [0, 0.1) is 0 Å². The Kier molecular flexibility index (Phi) is 4.01. The summed E-state index contributed by atoms with van der Waals surface area (Å²) in [6, 6.07) is 5.58. The summed E-state index contributed by atoms with van der Waals surface area (Å²) in [6.45, 7) is 2.22. The zero-order chi connectivity index (χ0) is 17.2. The number of nitrogens with one attached hydrogen (secondary N) is 1. The molecule has 0 radical (unpaired) electrons. The molecule has 3 aromatic rings. The molecule has 1 N–H and O–H groups in total. The number of hydrogen-bond acceptors (Lipinski definition) is 6. The van der Waals surface area contributed by atoms with Gasteiger partial charge in [0.15, 0.2) is 5.65 Å². The molecule has 8 nitrogen and oxygen atoms in total. The van der Waals surface area contributed by atoms with Gasteiger partial charge in [0.05, 0.1) is 17.6 Å². The van der Waals surface area contributed by atoms with Crippen LogP contribution in [0.5, 0.6) is 0 Å². The molecule has 25 heavy (non-hydrogen) atoms. The third-order valence-electron chi connectivity index (χ3n) is 4.24. The van der Waals surface area contributed by atoms with Crippen LogP contribution < -0.4 is 10.2 Å². The van der Waals surface area contributed by atoms with Crippen LogP contribution in [0.15, 0.2) is 30.6 Å². The van der Waals surface area contributed by atoms with E-state index in [1.54, 1.807) is 10.9 Å². The Morgan fingerprint density at radius 2 is 2.08 bits per heavy atom. The van der Waals surface area contributed by atoms with Gasteiger partial charge in [0.25, 0.3) is 5.91 Å². The summed E-state index contributed by atoms with van der Waals surface area (Å²) >= 11 is 0. The Morgan fingerprint density at radius 3 is 2.84 bits per heavy atom. The summed E-state index contributed by atoms with van der Waals surface area (Å²) in [4.78, 5) is 27.8. The van der Waals surface area contributed by atoms with E-state index in [1.807, 2.05) is 31.4 Å². The molecule has 0 aromatic carbocycles. The first kappa shape index (κ1) is 15.5. The minimum atomic E-state index is -0.321. The Balaban J connectivity index is 1.63. The lowest BCUT2D eigenvalue weighted by molar-refractivity contribution is 0.0940. The van der Waals surface area contributed by atoms with Crippen LogP contribution in [0.1, 0.15) is 29.2 Å². The first-order chi connectivity index (χ1) is 12.2. The number of aryl methyl sites for hydroxylation is 1. The fourth-order valence-electron chi connectivity index (χ4n) is 3.03. The van der Waals surface area contributed by atoms with E-state index in [1.165, 1.54) is 0 Å². The Labute approximate surface area is 144 Å². The van der Waals surface area contributed by atoms with Crippen molar-refractivity contribution in [2.75, 3.05) is 18.0 Å². The summed E-state index contributed by atoms with van der Waals surface area (Å²) < 4.78 is 1.70. The van der Waals surface area contributed by atoms with Gasteiger partial charge in [0, 0.05) is 32.5 Å². The van der Waals surface area contributed by atoms with E-state index in [-0.39, 0.29) is 11.7 Å². The highest BCUT2D eigenvalue weighted by atomic mass is 16.2. The Hall–Kier alpha value is -3.03. The van der Waals surface area contributed by atoms with E-state index in [2.05, 4.69) is 30.3 Å². The average molecular weight is 337 g/mol. The molecular weight excluding hydrogens is 318 g/mol. The zero-order valence-corrected chi connectivity index (χ0v) is 14.0. The number of aromatic nitrogens is 5. The molecule has 8 heteroatoms. The second-order valence-electron chi connectivity index (χ2n) is 6.11. The molecule has 1 aliphatic rings. The molecule has 0 unspecified atom stereocenters. The average Bonchev–Trinajstić information content (AvgIpc) is 3.28. The van der Waals surface area contributed by atoms with Crippen molar-refractivity contribution in [2.45, 2.75) is 19.4 Å². The molecule has 128 valence electrons. The van der Waals surface area contributed by atoms with Crippen LogP contribution in [0.4, 0.5) is 5.82 Å². The third-order valence-corrected chi connectivity index (χ3v) is 4.24. The third kappa shape index (κ3) is 3.15. The van der Waals surface area contributed by atoms with Crippen LogP contribution in [-0.4, -0.2) is 43.7 Å². The van der Waals surface area contributed by atoms with Gasteiger partial charge in [-0.05, 0) is 25.0 Å². The number of pyridine rings is 1. The molecule has 1 fully saturated rings. The normalized spacial score (nSPS) is 14.2. The van der Waals surface area contributed by atoms with Gasteiger partial charge in [-0.1, -0.05) is 6.07 Å². The van der Waals surface area contributed by atoms with E-state index in [4.69, 9.17) is 0 Å². The van der Waals surface area contributed by atoms with Crippen LogP contribution in [-0.2, 0) is 13.6 Å². The number of nitrogens with zero attached hydrogens (tertiary/aromatic N) is 6. The first-order valence-electron chi connectivity index (χ1n) is 8.35. The van der Waals surface area contributed by atoms with Crippen molar-refractivity contribution >= 4 is 22.8 Å². The first-order valence-corrected chi connectivity index (χ1v) is 8.35. The summed E-state index contributed by atoms with van der Waals surface area (Å²) in [5.41, 5.74) is 1.33. The monoisotopic (exact) mass is 337 g/mol. The predicted molar refractivity (Wildman–Crippen MR) is 93.2 cm³/mol. The van der Waals surface area contributed by atoms with E-state index < -0.39 is 0 Å². The number of hydrogen-bond donors (Lipinski definition) is 1. The van der Waals surface area contributed by atoms with Crippen molar-refractivity contribution in [3.05, 3.63) is 42.1 Å². The van der Waals surface area contributed by atoms with Crippen molar-refractivity contribution in [3.8, 4) is 0 Å². The van der Waals surface area contributed by atoms with Crippen LogP contribution in [0.2, 0.25) is 0 Å². The van der Waals surface area contributed by atoms with Crippen molar-refractivity contribution in [1.29, 1.82) is 0 Å². The predicted octanol–water partition coefficient (Wildman–Crippen LogP) is 1.29. The molecule has 0 bridgehead atoms. The number of carbonyl (C=O) groups excluding carboxylic acids is 1. The number of fused-ring (bicyclic) bond motifs is 1. The van der Waals surface area contributed by atoms with Gasteiger partial charge in [-0.25, -0.2) is 9.97 Å². The van der Waals surface area contributed by atoms with Crippen LogP contribution in [0.3, 0.4) is 0 Å². The zero-order valence-electron chi connectivity index (χ0n) is 14.0. The highest BCUT2D eigenvalue weighted by Gasteiger charge is 2.22. The van der Waals surface area contributed by atoms with Crippen LogP contribution >= 0.6 is 0 Å². The molecule has 1 saturated heterocycles. The fraction of sp³-hybridized carbons (Fsp3) is 0.353. The minimum Gasteiger partial charge on any atom is -0.356 e. The molecule has 0 spiro atoms. The standard InChI is InChI=1S/C17H19N7O/c1-23-11-13-14(22-23)20-15(21-16(13)24-8-4-5-9-24)17(25)19-10-12-6-2-3-7-18-12/h2-3,6-7,11H,4-5,8-10H2,1H3,(H,19,25). The summed E-state index contributed by atoms with van der Waals surface area (Å²) in [5.74, 6) is 0.612. The molecule has 0 saturated carbocycles. The van der Waals surface area contributed by atoms with Gasteiger partial charge < -0.3 is 10.2 Å². The van der Waals surface area contributed by atoms with E-state index >= 15 is 0 Å². The van der Waals surface area contributed by atoms with Crippen molar-refractivity contribution in [2.24, 2.45) is 7.05 Å². The van der Waals surface area contributed by atoms with Crippen molar-refractivity contribution < 1.29 is 4.79 Å². The highest BCUT2D eigenvalue weighted by Crippen LogP contribution is 2.26. The quantitative estimate of drug-likeness (QED) is 0.772. The maximum Gasteiger partial charge on any atom is 0.289 e. The summed E-state index contributed by atoms with van der Waals surface area (Å²) in [5, 5.41) is 8.06. The molecule has 0 aliphatic carbocycles. The fourth-order valence-corrected chi connectivity index (χ4v) is 3.03. The second-order valence-corrected chi connectivity index (χ2v) is 6.11. The number of carbonyl (C=O) groups is 1. The van der Waals surface area contributed by atoms with Crippen LogP contribution in [0.25, 0.3) is 11.0 Å². The summed E-state index contributed by atoms with van der Waals surface area (Å²) in [6.07, 6.45) is 5.86. The molecule has 4 heterocycles. The molecule has 0 atom stereocenters. The maximum atomic E-state index is 12.5. The van der Waals surface area contributed by atoms with E-state index in [9.17, 15) is 4.79 Å². The lowest BCUT2D eigenvalue weighted by Gasteiger charge is -2.17. The van der Waals surface area contributed by atoms with Gasteiger partial charge in [0.2, 0.25) is 5.82 Å². The van der Waals surface area contributed by atoms with Gasteiger partial charge in [0.1, 0.15) is 5.82 Å². The molecule has 4 rings (SSSR count). The lowest BCUT2D eigenvalue weighted by Crippen LogP contribution is -2.27. The smallest absolute Gasteiger partial charge is 0.289 e. The topological polar surface area (TPSA) is 88.8 Å². The molecule has 3 aromatic heterocycles. The minimum absolute atomic E-state index is 0.143. The van der Waals surface area contributed by atoms with Crippen molar-refractivity contribution in [3.63, 3.8) is 0 Å². The maximum absolute atomic E-state index is 12.5.